The summed E-state index contributed by atoms with van der Waals surface area (Å²) in [7, 11) is 0. The molecular weight excluding hydrogens is 437 g/mol. The second-order valence-corrected chi connectivity index (χ2v) is 8.63. The first-order chi connectivity index (χ1) is 16.7. The van der Waals surface area contributed by atoms with E-state index in [1.165, 1.54) is 12.1 Å². The van der Waals surface area contributed by atoms with Gasteiger partial charge < -0.3 is 25.4 Å². The highest BCUT2D eigenvalue weighted by molar-refractivity contribution is 5.95. The van der Waals surface area contributed by atoms with Crippen LogP contribution in [0.4, 0.5) is 16.0 Å². The largest absolute Gasteiger partial charge is 0.488 e. The first-order valence-corrected chi connectivity index (χ1v) is 11.7. The van der Waals surface area contributed by atoms with E-state index in [1.807, 2.05) is 18.2 Å². The zero-order valence-corrected chi connectivity index (χ0v) is 18.9. The van der Waals surface area contributed by atoms with Gasteiger partial charge in [-0.3, -0.25) is 4.79 Å². The van der Waals surface area contributed by atoms with Crippen LogP contribution >= 0.6 is 0 Å². The van der Waals surface area contributed by atoms with Crippen molar-refractivity contribution in [3.05, 3.63) is 54.0 Å². The summed E-state index contributed by atoms with van der Waals surface area (Å²) >= 11 is 0. The van der Waals surface area contributed by atoms with Gasteiger partial charge in [0.2, 0.25) is 5.95 Å². The van der Waals surface area contributed by atoms with Crippen LogP contribution in [0.2, 0.25) is 0 Å². The van der Waals surface area contributed by atoms with Crippen LogP contribution in [-0.2, 0) is 4.74 Å². The molecule has 178 valence electrons. The molecule has 0 unspecified atom stereocenters. The van der Waals surface area contributed by atoms with Gasteiger partial charge in [-0.15, -0.1) is 0 Å². The summed E-state index contributed by atoms with van der Waals surface area (Å²) in [5.74, 6) is 0.0408. The van der Waals surface area contributed by atoms with Crippen molar-refractivity contribution < 1.29 is 18.7 Å². The summed E-state index contributed by atoms with van der Waals surface area (Å²) in [5.41, 5.74) is 1.21. The molecule has 34 heavy (non-hydrogen) atoms. The van der Waals surface area contributed by atoms with E-state index in [-0.39, 0.29) is 17.7 Å². The highest BCUT2D eigenvalue weighted by Crippen LogP contribution is 2.27. The molecule has 0 saturated carbocycles. The van der Waals surface area contributed by atoms with E-state index in [4.69, 9.17) is 9.47 Å². The maximum absolute atomic E-state index is 14.4. The summed E-state index contributed by atoms with van der Waals surface area (Å²) in [6.07, 6.45) is 5.20. The van der Waals surface area contributed by atoms with Crippen molar-refractivity contribution in [3.8, 4) is 5.75 Å². The number of carbonyl (C=O) groups excluding carboxylic acids is 1. The van der Waals surface area contributed by atoms with Crippen LogP contribution in [0.15, 0.2) is 42.6 Å². The molecule has 2 aliphatic rings. The Labute approximate surface area is 197 Å². The summed E-state index contributed by atoms with van der Waals surface area (Å²) in [5, 5.41) is 10.2. The van der Waals surface area contributed by atoms with Crippen molar-refractivity contribution in [3.63, 3.8) is 0 Å². The Morgan fingerprint density at radius 1 is 1.12 bits per heavy atom. The van der Waals surface area contributed by atoms with E-state index in [1.54, 1.807) is 12.3 Å². The number of aromatic nitrogens is 2. The van der Waals surface area contributed by atoms with E-state index >= 15 is 0 Å². The predicted octanol–water partition coefficient (Wildman–Crippen LogP) is 3.55. The number of hydrogen-bond donors (Lipinski definition) is 3. The first-order valence-electron chi connectivity index (χ1n) is 11.7. The third kappa shape index (κ3) is 5.26. The zero-order chi connectivity index (χ0) is 23.3. The van der Waals surface area contributed by atoms with Crippen molar-refractivity contribution in [2.45, 2.75) is 37.8 Å². The fourth-order valence-electron chi connectivity index (χ4n) is 4.29. The predicted molar refractivity (Wildman–Crippen MR) is 127 cm³/mol. The monoisotopic (exact) mass is 465 g/mol. The topological polar surface area (TPSA) is 97.4 Å². The van der Waals surface area contributed by atoms with Crippen LogP contribution in [0.1, 0.15) is 36.0 Å². The summed E-state index contributed by atoms with van der Waals surface area (Å²) in [4.78, 5) is 21.7. The molecular formula is C25H28FN5O3. The minimum Gasteiger partial charge on any atom is -0.488 e. The first kappa shape index (κ1) is 22.5. The number of carbonyl (C=O) groups is 1. The lowest BCUT2D eigenvalue weighted by Crippen LogP contribution is -2.39. The lowest BCUT2D eigenvalue weighted by atomic mass is 10.1. The van der Waals surface area contributed by atoms with Crippen LogP contribution in [0.3, 0.4) is 0 Å². The third-order valence-corrected chi connectivity index (χ3v) is 6.18. The molecule has 1 amide bonds. The number of benzene rings is 2. The number of nitrogens with one attached hydrogen (secondary N) is 3. The maximum atomic E-state index is 14.4. The fraction of sp³-hybridized carbons (Fsp3) is 0.400. The summed E-state index contributed by atoms with van der Waals surface area (Å²) < 4.78 is 26.0. The Bertz CT molecular complexity index is 1160. The molecule has 0 radical (unpaired) electrons. The van der Waals surface area contributed by atoms with Gasteiger partial charge in [-0.05, 0) is 63.0 Å². The number of nitrogens with zero attached hydrogens (tertiary/aromatic N) is 2. The quantitative estimate of drug-likeness (QED) is 0.512. The molecule has 1 aromatic heterocycles. The van der Waals surface area contributed by atoms with Gasteiger partial charge in [-0.1, -0.05) is 12.1 Å². The minimum absolute atomic E-state index is 0.0144. The van der Waals surface area contributed by atoms with Crippen molar-refractivity contribution in [1.82, 2.24) is 20.6 Å². The van der Waals surface area contributed by atoms with Gasteiger partial charge in [0, 0.05) is 36.5 Å². The Morgan fingerprint density at radius 3 is 2.76 bits per heavy atom. The van der Waals surface area contributed by atoms with Crippen molar-refractivity contribution in [2.75, 3.05) is 31.6 Å². The Kier molecular flexibility index (Phi) is 6.82. The van der Waals surface area contributed by atoms with Gasteiger partial charge in [-0.2, -0.15) is 0 Å². The molecule has 0 spiro atoms. The average Bonchev–Trinajstić information content (AvgIpc) is 2.87. The Hall–Kier alpha value is -3.30. The summed E-state index contributed by atoms with van der Waals surface area (Å²) in [6.45, 7) is 3.06. The number of para-hydroxylation sites is 1. The van der Waals surface area contributed by atoms with Crippen LogP contribution < -0.4 is 20.7 Å². The summed E-state index contributed by atoms with van der Waals surface area (Å²) in [6, 6.07) is 10.1. The van der Waals surface area contributed by atoms with E-state index in [2.05, 4.69) is 25.9 Å². The highest BCUT2D eigenvalue weighted by atomic mass is 19.1. The van der Waals surface area contributed by atoms with Crippen LogP contribution in [-0.4, -0.2) is 54.3 Å². The van der Waals surface area contributed by atoms with Crippen LogP contribution in [0, 0.1) is 5.82 Å². The second kappa shape index (κ2) is 10.3. The lowest BCUT2D eigenvalue weighted by Gasteiger charge is -2.24. The molecule has 3 N–H and O–H groups in total. The van der Waals surface area contributed by atoms with E-state index in [0.717, 1.165) is 44.2 Å². The SMILES string of the molecule is O=C(NC1CCOCC1)c1cc(Nc2ncc3cccc(OC4CCNCC4)c3n2)ccc1F. The molecule has 0 atom stereocenters. The number of anilines is 2. The Morgan fingerprint density at radius 2 is 1.94 bits per heavy atom. The van der Waals surface area contributed by atoms with Gasteiger partial charge in [0.1, 0.15) is 23.2 Å². The number of hydrogen-bond acceptors (Lipinski definition) is 7. The lowest BCUT2D eigenvalue weighted by molar-refractivity contribution is 0.0694. The molecule has 9 heteroatoms. The Balaban J connectivity index is 1.34. The fourth-order valence-corrected chi connectivity index (χ4v) is 4.29. The van der Waals surface area contributed by atoms with E-state index < -0.39 is 11.7 Å². The molecule has 3 heterocycles. The van der Waals surface area contributed by atoms with Gasteiger partial charge in [0.15, 0.2) is 0 Å². The van der Waals surface area contributed by atoms with E-state index in [0.29, 0.717) is 36.1 Å². The molecule has 0 bridgehead atoms. The van der Waals surface area contributed by atoms with Gasteiger partial charge in [0.25, 0.3) is 5.91 Å². The van der Waals surface area contributed by atoms with Gasteiger partial charge in [-0.25, -0.2) is 14.4 Å². The van der Waals surface area contributed by atoms with Crippen LogP contribution in [0.5, 0.6) is 5.75 Å². The number of ether oxygens (including phenoxy) is 2. The number of rotatable bonds is 6. The smallest absolute Gasteiger partial charge is 0.254 e. The number of amides is 1. The highest BCUT2D eigenvalue weighted by Gasteiger charge is 2.20. The molecule has 2 aliphatic heterocycles. The maximum Gasteiger partial charge on any atom is 0.254 e. The molecule has 5 rings (SSSR count). The number of piperidine rings is 1. The van der Waals surface area contributed by atoms with E-state index in [9.17, 15) is 9.18 Å². The molecule has 0 aliphatic carbocycles. The molecule has 2 saturated heterocycles. The second-order valence-electron chi connectivity index (χ2n) is 8.63. The molecule has 2 aromatic carbocycles. The van der Waals surface area contributed by atoms with Gasteiger partial charge >= 0.3 is 0 Å². The molecule has 2 fully saturated rings. The van der Waals surface area contributed by atoms with Crippen molar-refractivity contribution >= 4 is 28.4 Å². The third-order valence-electron chi connectivity index (χ3n) is 6.18. The minimum atomic E-state index is -0.577. The number of halogens is 1. The van der Waals surface area contributed by atoms with Crippen LogP contribution in [0.25, 0.3) is 10.9 Å². The standard InChI is InChI=1S/C25H28FN5O3/c26-21-5-4-18(14-20(21)24(32)29-17-8-12-33-13-9-17)30-25-28-15-16-2-1-3-22(23(16)31-25)34-19-6-10-27-11-7-19/h1-5,14-15,17,19,27H,6-13H2,(H,29,32)(H,28,30,31). The van der Waals surface area contributed by atoms with Gasteiger partial charge in [0.05, 0.1) is 5.56 Å². The normalized spacial score (nSPS) is 17.4. The number of fused-ring (bicyclic) bond motifs is 1. The van der Waals surface area contributed by atoms with Crippen molar-refractivity contribution in [1.29, 1.82) is 0 Å². The molecule has 8 nitrogen and oxygen atoms in total. The van der Waals surface area contributed by atoms with Crippen molar-refractivity contribution in [2.24, 2.45) is 0 Å². The molecule has 3 aromatic rings. The average molecular weight is 466 g/mol. The zero-order valence-electron chi connectivity index (χ0n) is 18.9.